The molecular formula is C23H33N7O3. The molecule has 178 valence electrons. The minimum atomic E-state index is -0.268. The highest BCUT2D eigenvalue weighted by molar-refractivity contribution is 5.77. The molecule has 1 unspecified atom stereocenters. The fourth-order valence-electron chi connectivity index (χ4n) is 4.61. The molecule has 0 spiro atoms. The van der Waals surface area contributed by atoms with Gasteiger partial charge in [-0.25, -0.2) is 14.8 Å². The second kappa shape index (κ2) is 10.6. The van der Waals surface area contributed by atoms with E-state index in [1.165, 1.54) is 0 Å². The third kappa shape index (κ3) is 5.80. The average molecular weight is 456 g/mol. The molecule has 10 nitrogen and oxygen atoms in total. The Morgan fingerprint density at radius 1 is 1.15 bits per heavy atom. The number of nitrogens with zero attached hydrogens (tertiary/aromatic N) is 6. The maximum absolute atomic E-state index is 12.9. The van der Waals surface area contributed by atoms with Crippen molar-refractivity contribution in [2.75, 3.05) is 31.1 Å². The summed E-state index contributed by atoms with van der Waals surface area (Å²) in [6.45, 7) is 6.23. The van der Waals surface area contributed by atoms with Crippen LogP contribution in [0.1, 0.15) is 51.1 Å². The van der Waals surface area contributed by atoms with Gasteiger partial charge in [-0.15, -0.1) is 0 Å². The van der Waals surface area contributed by atoms with Crippen LogP contribution in [0.2, 0.25) is 0 Å². The molecule has 1 atom stereocenters. The normalized spacial score (nSPS) is 19.4. The zero-order chi connectivity index (χ0) is 23.2. The number of anilines is 1. The van der Waals surface area contributed by atoms with Crippen molar-refractivity contribution in [2.24, 2.45) is 0 Å². The number of aromatic nitrogens is 4. The van der Waals surface area contributed by atoms with Crippen molar-refractivity contribution < 1.29 is 14.3 Å². The molecule has 33 heavy (non-hydrogen) atoms. The highest BCUT2D eigenvalue weighted by Gasteiger charge is 2.29. The molecule has 2 aromatic heterocycles. The van der Waals surface area contributed by atoms with Gasteiger partial charge in [0.25, 0.3) is 0 Å². The maximum Gasteiger partial charge on any atom is 0.409 e. The predicted molar refractivity (Wildman–Crippen MR) is 123 cm³/mol. The summed E-state index contributed by atoms with van der Waals surface area (Å²) in [5.74, 6) is 1.50. The highest BCUT2D eigenvalue weighted by atomic mass is 16.6. The van der Waals surface area contributed by atoms with Crippen LogP contribution >= 0.6 is 0 Å². The number of carbonyl (C=O) groups excluding carboxylic acids is 2. The van der Waals surface area contributed by atoms with Crippen LogP contribution < -0.4 is 10.2 Å². The number of nitrogens with one attached hydrogen (secondary N) is 1. The van der Waals surface area contributed by atoms with Gasteiger partial charge in [0, 0.05) is 62.3 Å². The van der Waals surface area contributed by atoms with Crippen LogP contribution in [0.5, 0.6) is 0 Å². The third-order valence-corrected chi connectivity index (χ3v) is 6.29. The van der Waals surface area contributed by atoms with E-state index in [2.05, 4.69) is 20.2 Å². The summed E-state index contributed by atoms with van der Waals surface area (Å²) in [5, 5.41) is 3.19. The van der Waals surface area contributed by atoms with Crippen LogP contribution in [-0.4, -0.2) is 74.7 Å². The minimum absolute atomic E-state index is 0.0575. The number of rotatable bonds is 6. The Morgan fingerprint density at radius 3 is 2.70 bits per heavy atom. The number of likely N-dealkylation sites (tertiary alicyclic amines) is 1. The standard InChI is InChI=1S/C23H33N7O3/c1-3-33-23(32)28-11-7-18(8-12-28)26-21(31)15-19-6-4-5-10-30(19)20-14-17(2)25-22(27-20)29-13-9-24-16-29/h9,13-14,16,18-19H,3-8,10-12,15H2,1-2H3,(H,26,31). The lowest BCUT2D eigenvalue weighted by molar-refractivity contribution is -0.122. The number of aryl methyl sites for hydroxylation is 1. The molecule has 0 aromatic carbocycles. The monoisotopic (exact) mass is 455 g/mol. The van der Waals surface area contributed by atoms with E-state index in [4.69, 9.17) is 9.72 Å². The van der Waals surface area contributed by atoms with Gasteiger partial charge in [0.15, 0.2) is 0 Å². The Kier molecular flexibility index (Phi) is 7.41. The Hall–Kier alpha value is -3.17. The Morgan fingerprint density at radius 2 is 1.97 bits per heavy atom. The first-order valence-corrected chi connectivity index (χ1v) is 11.8. The molecule has 2 fully saturated rings. The summed E-state index contributed by atoms with van der Waals surface area (Å²) in [6, 6.07) is 2.18. The van der Waals surface area contributed by atoms with E-state index < -0.39 is 0 Å². The SMILES string of the molecule is CCOC(=O)N1CCC(NC(=O)CC2CCCCN2c2cc(C)nc(-n3ccnc3)n2)CC1. The first-order chi connectivity index (χ1) is 16.0. The van der Waals surface area contributed by atoms with Gasteiger partial charge >= 0.3 is 6.09 Å². The van der Waals surface area contributed by atoms with E-state index in [9.17, 15) is 9.59 Å². The summed E-state index contributed by atoms with van der Waals surface area (Å²) >= 11 is 0. The fourth-order valence-corrected chi connectivity index (χ4v) is 4.61. The second-order valence-electron chi connectivity index (χ2n) is 8.71. The van der Waals surface area contributed by atoms with Crippen molar-refractivity contribution in [3.05, 3.63) is 30.5 Å². The number of carbonyl (C=O) groups is 2. The minimum Gasteiger partial charge on any atom is -0.450 e. The van der Waals surface area contributed by atoms with Crippen LogP contribution in [0.15, 0.2) is 24.8 Å². The topological polar surface area (TPSA) is 105 Å². The largest absolute Gasteiger partial charge is 0.450 e. The summed E-state index contributed by atoms with van der Waals surface area (Å²) in [5.41, 5.74) is 0.880. The van der Waals surface area contributed by atoms with Crippen molar-refractivity contribution in [1.29, 1.82) is 0 Å². The third-order valence-electron chi connectivity index (χ3n) is 6.29. The van der Waals surface area contributed by atoms with E-state index in [1.54, 1.807) is 28.9 Å². The number of imidazole rings is 1. The quantitative estimate of drug-likeness (QED) is 0.713. The molecule has 1 N–H and O–H groups in total. The van der Waals surface area contributed by atoms with Crippen LogP contribution in [0.25, 0.3) is 5.95 Å². The van der Waals surface area contributed by atoms with Crippen LogP contribution in [-0.2, 0) is 9.53 Å². The molecule has 2 saturated heterocycles. The molecule has 2 aliphatic heterocycles. The predicted octanol–water partition coefficient (Wildman–Crippen LogP) is 2.46. The molecular weight excluding hydrogens is 422 g/mol. The molecule has 2 amide bonds. The first kappa shape index (κ1) is 23.0. The lowest BCUT2D eigenvalue weighted by Crippen LogP contribution is -2.49. The van der Waals surface area contributed by atoms with Crippen molar-refractivity contribution in [1.82, 2.24) is 29.7 Å². The van der Waals surface area contributed by atoms with Crippen molar-refractivity contribution in [3.8, 4) is 5.95 Å². The summed E-state index contributed by atoms with van der Waals surface area (Å²) in [6.07, 6.45) is 10.0. The molecule has 2 aromatic rings. The van der Waals surface area contributed by atoms with E-state index in [-0.39, 0.29) is 24.1 Å². The Bertz CT molecular complexity index is 942. The first-order valence-electron chi connectivity index (χ1n) is 11.8. The number of piperidine rings is 2. The van der Waals surface area contributed by atoms with Crippen molar-refractivity contribution >= 4 is 17.8 Å². The summed E-state index contributed by atoms with van der Waals surface area (Å²) in [7, 11) is 0. The Balaban J connectivity index is 1.37. The zero-order valence-corrected chi connectivity index (χ0v) is 19.4. The Labute approximate surface area is 194 Å². The molecule has 0 bridgehead atoms. The van der Waals surface area contributed by atoms with E-state index in [0.29, 0.717) is 32.1 Å². The molecule has 4 heterocycles. The molecule has 10 heteroatoms. The second-order valence-corrected chi connectivity index (χ2v) is 8.71. The van der Waals surface area contributed by atoms with E-state index in [1.807, 2.05) is 19.2 Å². The van der Waals surface area contributed by atoms with Crippen LogP contribution in [0.4, 0.5) is 10.6 Å². The van der Waals surface area contributed by atoms with Crippen molar-refractivity contribution in [3.63, 3.8) is 0 Å². The van der Waals surface area contributed by atoms with E-state index >= 15 is 0 Å². The number of hydrogen-bond acceptors (Lipinski definition) is 7. The molecule has 4 rings (SSSR count). The van der Waals surface area contributed by atoms with Gasteiger partial charge in [0.1, 0.15) is 12.1 Å². The lowest BCUT2D eigenvalue weighted by Gasteiger charge is -2.37. The molecule has 0 aliphatic carbocycles. The molecule has 0 radical (unpaired) electrons. The van der Waals surface area contributed by atoms with Gasteiger partial charge in [-0.1, -0.05) is 0 Å². The van der Waals surface area contributed by atoms with Gasteiger partial charge in [0.05, 0.1) is 6.61 Å². The van der Waals surface area contributed by atoms with Gasteiger partial charge in [-0.2, -0.15) is 4.98 Å². The van der Waals surface area contributed by atoms with Crippen LogP contribution in [0, 0.1) is 6.92 Å². The number of amides is 2. The molecule has 2 aliphatic rings. The smallest absolute Gasteiger partial charge is 0.409 e. The van der Waals surface area contributed by atoms with Gasteiger partial charge in [-0.3, -0.25) is 9.36 Å². The van der Waals surface area contributed by atoms with E-state index in [0.717, 1.165) is 50.2 Å². The van der Waals surface area contributed by atoms with Gasteiger partial charge in [-0.05, 0) is 46.0 Å². The highest BCUT2D eigenvalue weighted by Crippen LogP contribution is 2.26. The lowest BCUT2D eigenvalue weighted by atomic mass is 9.98. The fraction of sp³-hybridized carbons (Fsp3) is 0.609. The molecule has 0 saturated carbocycles. The average Bonchev–Trinajstić information content (AvgIpc) is 3.35. The van der Waals surface area contributed by atoms with Gasteiger partial charge in [0.2, 0.25) is 11.9 Å². The van der Waals surface area contributed by atoms with Crippen molar-refractivity contribution in [2.45, 2.75) is 64.5 Å². The number of hydrogen-bond donors (Lipinski definition) is 1. The summed E-state index contributed by atoms with van der Waals surface area (Å²) < 4.78 is 6.87. The van der Waals surface area contributed by atoms with Gasteiger partial charge < -0.3 is 19.9 Å². The number of ether oxygens (including phenoxy) is 1. The summed E-state index contributed by atoms with van der Waals surface area (Å²) in [4.78, 5) is 42.1. The van der Waals surface area contributed by atoms with Crippen LogP contribution in [0.3, 0.4) is 0 Å². The maximum atomic E-state index is 12.9. The zero-order valence-electron chi connectivity index (χ0n) is 19.4.